The first-order valence-corrected chi connectivity index (χ1v) is 5.82. The molecule has 1 atom stereocenters. The van der Waals surface area contributed by atoms with Crippen LogP contribution in [0.1, 0.15) is 6.92 Å². The van der Waals surface area contributed by atoms with Gasteiger partial charge in [0, 0.05) is 0 Å². The SMILES string of the molecule is CC(Cl)Oc1ccccc1S(N)(=O)=O. The minimum Gasteiger partial charge on any atom is -0.474 e. The highest BCUT2D eigenvalue weighted by Gasteiger charge is 2.15. The molecule has 0 aliphatic heterocycles. The summed E-state index contributed by atoms with van der Waals surface area (Å²) in [4.78, 5) is -0.0625. The lowest BCUT2D eigenvalue weighted by atomic mass is 10.3. The van der Waals surface area contributed by atoms with Crippen LogP contribution < -0.4 is 9.88 Å². The second-order valence-electron chi connectivity index (χ2n) is 2.65. The fraction of sp³-hybridized carbons (Fsp3) is 0.250. The summed E-state index contributed by atoms with van der Waals surface area (Å²) >= 11 is 5.58. The summed E-state index contributed by atoms with van der Waals surface area (Å²) in [6.45, 7) is 1.58. The van der Waals surface area contributed by atoms with Crippen LogP contribution in [0.4, 0.5) is 0 Å². The Morgan fingerprint density at radius 1 is 1.43 bits per heavy atom. The van der Waals surface area contributed by atoms with E-state index in [1.165, 1.54) is 12.1 Å². The van der Waals surface area contributed by atoms with Crippen molar-refractivity contribution in [3.8, 4) is 5.75 Å². The highest BCUT2D eigenvalue weighted by molar-refractivity contribution is 7.89. The van der Waals surface area contributed by atoms with Gasteiger partial charge in [0.2, 0.25) is 10.0 Å². The molecule has 14 heavy (non-hydrogen) atoms. The van der Waals surface area contributed by atoms with Crippen molar-refractivity contribution in [3.63, 3.8) is 0 Å². The molecule has 0 fully saturated rings. The topological polar surface area (TPSA) is 69.4 Å². The van der Waals surface area contributed by atoms with Crippen LogP contribution in [-0.2, 0) is 10.0 Å². The fourth-order valence-corrected chi connectivity index (χ4v) is 1.72. The highest BCUT2D eigenvalue weighted by atomic mass is 35.5. The molecule has 0 aromatic heterocycles. The predicted molar refractivity (Wildman–Crippen MR) is 53.8 cm³/mol. The van der Waals surface area contributed by atoms with E-state index in [-0.39, 0.29) is 10.6 Å². The van der Waals surface area contributed by atoms with Crippen molar-refractivity contribution in [2.24, 2.45) is 5.14 Å². The Bertz CT molecular complexity index is 416. The van der Waals surface area contributed by atoms with Gasteiger partial charge in [0.1, 0.15) is 10.6 Å². The summed E-state index contributed by atoms with van der Waals surface area (Å²) in [6.07, 6.45) is 0. The maximum absolute atomic E-state index is 11.1. The van der Waals surface area contributed by atoms with Crippen molar-refractivity contribution >= 4 is 21.6 Å². The average Bonchev–Trinajstić information content (AvgIpc) is 2.01. The zero-order valence-electron chi connectivity index (χ0n) is 7.48. The third-order valence-corrected chi connectivity index (χ3v) is 2.48. The number of primary sulfonamides is 1. The van der Waals surface area contributed by atoms with Crippen LogP contribution in [0.25, 0.3) is 0 Å². The molecule has 0 saturated heterocycles. The van der Waals surface area contributed by atoms with Crippen molar-refractivity contribution in [2.75, 3.05) is 0 Å². The van der Waals surface area contributed by atoms with Crippen LogP contribution in [-0.4, -0.2) is 14.0 Å². The molecule has 0 saturated carbocycles. The molecule has 1 rings (SSSR count). The van der Waals surface area contributed by atoms with E-state index in [1.807, 2.05) is 0 Å². The summed E-state index contributed by atoms with van der Waals surface area (Å²) in [5.41, 5.74) is -0.613. The normalized spacial score (nSPS) is 13.6. The molecule has 0 spiro atoms. The first-order chi connectivity index (χ1) is 6.41. The standard InChI is InChI=1S/C8H10ClNO3S/c1-6(9)13-7-4-2-3-5-8(7)14(10,11)12/h2-6H,1H3,(H2,10,11,12). The number of benzene rings is 1. The number of ether oxygens (including phenoxy) is 1. The second-order valence-corrected chi connectivity index (χ2v) is 4.80. The molecule has 2 N–H and O–H groups in total. The molecule has 78 valence electrons. The number of nitrogens with two attached hydrogens (primary N) is 1. The van der Waals surface area contributed by atoms with Crippen LogP contribution in [0.3, 0.4) is 0 Å². The molecule has 1 aromatic carbocycles. The largest absolute Gasteiger partial charge is 0.474 e. The maximum atomic E-state index is 11.1. The predicted octanol–water partition coefficient (Wildman–Crippen LogP) is 1.30. The van der Waals surface area contributed by atoms with Crippen molar-refractivity contribution in [1.29, 1.82) is 0 Å². The molecule has 0 aliphatic rings. The highest BCUT2D eigenvalue weighted by Crippen LogP contribution is 2.23. The molecular weight excluding hydrogens is 226 g/mol. The van der Waals surface area contributed by atoms with E-state index in [1.54, 1.807) is 19.1 Å². The van der Waals surface area contributed by atoms with E-state index in [4.69, 9.17) is 21.5 Å². The number of rotatable bonds is 3. The lowest BCUT2D eigenvalue weighted by Gasteiger charge is -2.10. The van der Waals surface area contributed by atoms with E-state index < -0.39 is 15.6 Å². The van der Waals surface area contributed by atoms with E-state index in [0.29, 0.717) is 0 Å². The van der Waals surface area contributed by atoms with Crippen molar-refractivity contribution < 1.29 is 13.2 Å². The lowest BCUT2D eigenvalue weighted by molar-refractivity contribution is 0.293. The van der Waals surface area contributed by atoms with Gasteiger partial charge in [-0.3, -0.25) is 0 Å². The Labute approximate surface area is 87.7 Å². The number of hydrogen-bond donors (Lipinski definition) is 1. The number of halogens is 1. The molecule has 0 aliphatic carbocycles. The molecule has 1 aromatic rings. The molecule has 0 heterocycles. The first-order valence-electron chi connectivity index (χ1n) is 3.84. The second kappa shape index (κ2) is 4.16. The quantitative estimate of drug-likeness (QED) is 0.803. The zero-order valence-corrected chi connectivity index (χ0v) is 9.05. The van der Waals surface area contributed by atoms with Gasteiger partial charge in [-0.2, -0.15) is 0 Å². The van der Waals surface area contributed by atoms with Crippen LogP contribution in [0.15, 0.2) is 29.2 Å². The maximum Gasteiger partial charge on any atom is 0.241 e. The molecular formula is C8H10ClNO3S. The van der Waals surface area contributed by atoms with Crippen molar-refractivity contribution in [3.05, 3.63) is 24.3 Å². The van der Waals surface area contributed by atoms with E-state index in [2.05, 4.69) is 0 Å². The molecule has 0 amide bonds. The van der Waals surface area contributed by atoms with E-state index in [0.717, 1.165) is 0 Å². The van der Waals surface area contributed by atoms with Crippen LogP contribution in [0.2, 0.25) is 0 Å². The van der Waals surface area contributed by atoms with Gasteiger partial charge in [-0.25, -0.2) is 13.6 Å². The van der Waals surface area contributed by atoms with Crippen LogP contribution in [0, 0.1) is 0 Å². The van der Waals surface area contributed by atoms with Gasteiger partial charge in [0.25, 0.3) is 0 Å². The van der Waals surface area contributed by atoms with Gasteiger partial charge in [-0.15, -0.1) is 0 Å². The summed E-state index contributed by atoms with van der Waals surface area (Å²) in [7, 11) is -3.76. The van der Waals surface area contributed by atoms with E-state index in [9.17, 15) is 8.42 Å². The molecule has 0 radical (unpaired) electrons. The van der Waals surface area contributed by atoms with Gasteiger partial charge in [-0.1, -0.05) is 23.7 Å². The summed E-state index contributed by atoms with van der Waals surface area (Å²) in [5, 5.41) is 4.98. The number of sulfonamides is 1. The number of alkyl halides is 1. The Hall–Kier alpha value is -0.780. The lowest BCUT2D eigenvalue weighted by Crippen LogP contribution is -2.15. The Morgan fingerprint density at radius 2 is 2.00 bits per heavy atom. The Morgan fingerprint density at radius 3 is 2.50 bits per heavy atom. The Kier molecular flexibility index (Phi) is 3.36. The fourth-order valence-electron chi connectivity index (χ4n) is 0.958. The molecule has 6 heteroatoms. The van der Waals surface area contributed by atoms with Crippen LogP contribution >= 0.6 is 11.6 Å². The minimum absolute atomic E-state index is 0.0625. The summed E-state index contributed by atoms with van der Waals surface area (Å²) in [5.74, 6) is 0.164. The summed E-state index contributed by atoms with van der Waals surface area (Å²) in [6, 6.07) is 6.07. The van der Waals surface area contributed by atoms with Gasteiger partial charge in [0.15, 0.2) is 5.56 Å². The van der Waals surface area contributed by atoms with Crippen molar-refractivity contribution in [1.82, 2.24) is 0 Å². The molecule has 1 unspecified atom stereocenters. The zero-order chi connectivity index (χ0) is 10.8. The molecule has 4 nitrogen and oxygen atoms in total. The van der Waals surface area contributed by atoms with Gasteiger partial charge in [0.05, 0.1) is 0 Å². The summed E-state index contributed by atoms with van der Waals surface area (Å²) < 4.78 is 27.3. The van der Waals surface area contributed by atoms with Crippen LogP contribution in [0.5, 0.6) is 5.75 Å². The third-order valence-electron chi connectivity index (χ3n) is 1.45. The van der Waals surface area contributed by atoms with Gasteiger partial charge in [-0.05, 0) is 19.1 Å². The smallest absolute Gasteiger partial charge is 0.241 e. The minimum atomic E-state index is -3.76. The molecule has 0 bridgehead atoms. The third kappa shape index (κ3) is 2.87. The van der Waals surface area contributed by atoms with Gasteiger partial charge < -0.3 is 4.74 Å². The number of para-hydroxylation sites is 1. The average molecular weight is 236 g/mol. The Balaban J connectivity index is 3.17. The monoisotopic (exact) mass is 235 g/mol. The van der Waals surface area contributed by atoms with Crippen molar-refractivity contribution in [2.45, 2.75) is 17.4 Å². The van der Waals surface area contributed by atoms with E-state index >= 15 is 0 Å². The van der Waals surface area contributed by atoms with Gasteiger partial charge >= 0.3 is 0 Å². The first kappa shape index (κ1) is 11.3. The number of hydrogen-bond acceptors (Lipinski definition) is 3.